The Balaban J connectivity index is 0.936. The summed E-state index contributed by atoms with van der Waals surface area (Å²) in [5.41, 5.74) is 14.9. The lowest BCUT2D eigenvalue weighted by Crippen LogP contribution is -1.98. The molecule has 4 nitrogen and oxygen atoms in total. The molecule has 62 heavy (non-hydrogen) atoms. The molecule has 12 aromatic rings. The minimum Gasteiger partial charge on any atom is -0.309 e. The van der Waals surface area contributed by atoms with E-state index in [0.717, 1.165) is 50.5 Å². The molecule has 0 N–H and O–H groups in total. The van der Waals surface area contributed by atoms with Gasteiger partial charge in [0.25, 0.3) is 0 Å². The lowest BCUT2D eigenvalue weighted by molar-refractivity contribution is 1.16. The predicted octanol–water partition coefficient (Wildman–Crippen LogP) is 15.3. The maximum absolute atomic E-state index is 5.19. The Kier molecular flexibility index (Phi) is 8.65. The first-order valence-electron chi connectivity index (χ1n) is 20.8. The molecule has 4 heterocycles. The van der Waals surface area contributed by atoms with Crippen LogP contribution in [0.1, 0.15) is 0 Å². The van der Waals surface area contributed by atoms with Gasteiger partial charge in [-0.3, -0.25) is 4.98 Å². The Morgan fingerprint density at radius 3 is 1.50 bits per heavy atom. The van der Waals surface area contributed by atoms with Crippen LogP contribution in [0.25, 0.3) is 115 Å². The van der Waals surface area contributed by atoms with Crippen LogP contribution in [0.4, 0.5) is 0 Å². The monoisotopic (exact) mass is 808 g/mol. The first kappa shape index (κ1) is 35.9. The van der Waals surface area contributed by atoms with Crippen molar-refractivity contribution < 1.29 is 0 Å². The van der Waals surface area contributed by atoms with Crippen LogP contribution >= 0.6 is 11.3 Å². The van der Waals surface area contributed by atoms with Crippen molar-refractivity contribution in [3.05, 3.63) is 219 Å². The first-order valence-corrected chi connectivity index (χ1v) is 21.6. The molecule has 0 unspecified atom stereocenters. The van der Waals surface area contributed by atoms with Crippen molar-refractivity contribution in [3.8, 4) is 73.1 Å². The summed E-state index contributed by atoms with van der Waals surface area (Å²) in [7, 11) is 0. The lowest BCUT2D eigenvalue weighted by atomic mass is 10.0. The van der Waals surface area contributed by atoms with E-state index in [1.165, 1.54) is 58.8 Å². The van der Waals surface area contributed by atoms with Crippen LogP contribution in [0.5, 0.6) is 0 Å². The molecule has 290 valence electrons. The predicted molar refractivity (Wildman–Crippen MR) is 260 cm³/mol. The smallest absolute Gasteiger partial charge is 0.160 e. The molecule has 0 atom stereocenters. The number of nitrogens with zero attached hydrogens (tertiary/aromatic N) is 4. The van der Waals surface area contributed by atoms with Gasteiger partial charge >= 0.3 is 0 Å². The van der Waals surface area contributed by atoms with Gasteiger partial charge < -0.3 is 4.57 Å². The molecule has 4 aromatic heterocycles. The third-order valence-electron chi connectivity index (χ3n) is 11.9. The molecule has 8 aromatic carbocycles. The summed E-state index contributed by atoms with van der Waals surface area (Å²) in [6, 6.07) is 75.6. The molecule has 0 saturated heterocycles. The summed E-state index contributed by atoms with van der Waals surface area (Å²) >= 11 is 1.84. The van der Waals surface area contributed by atoms with E-state index >= 15 is 0 Å². The summed E-state index contributed by atoms with van der Waals surface area (Å²) in [6.07, 6.45) is 1.81. The Labute approximate surface area is 362 Å². The minimum absolute atomic E-state index is 0.656. The zero-order chi connectivity index (χ0) is 41.0. The molecule has 5 heteroatoms. The molecule has 12 rings (SSSR count). The van der Waals surface area contributed by atoms with Gasteiger partial charge in [-0.1, -0.05) is 140 Å². The Morgan fingerprint density at radius 1 is 0.323 bits per heavy atom. The van der Waals surface area contributed by atoms with E-state index in [4.69, 9.17) is 9.97 Å². The highest BCUT2D eigenvalue weighted by molar-refractivity contribution is 7.25. The number of benzene rings is 8. The number of thiophene rings is 1. The average Bonchev–Trinajstić information content (AvgIpc) is 3.89. The van der Waals surface area contributed by atoms with Gasteiger partial charge in [0, 0.05) is 54.0 Å². The second kappa shape index (κ2) is 14.9. The number of aromatic nitrogens is 4. The summed E-state index contributed by atoms with van der Waals surface area (Å²) in [5.74, 6) is 0.656. The van der Waals surface area contributed by atoms with Crippen LogP contribution in [0.3, 0.4) is 0 Å². The van der Waals surface area contributed by atoms with Gasteiger partial charge in [-0.2, -0.15) is 0 Å². The molecule has 0 fully saturated rings. The maximum Gasteiger partial charge on any atom is 0.160 e. The molecule has 0 amide bonds. The third kappa shape index (κ3) is 6.35. The molecule has 0 radical (unpaired) electrons. The fourth-order valence-electron chi connectivity index (χ4n) is 8.79. The number of fused-ring (bicyclic) bond motifs is 6. The molecule has 0 spiro atoms. The van der Waals surface area contributed by atoms with E-state index in [2.05, 4.69) is 198 Å². The highest BCUT2D eigenvalue weighted by atomic mass is 32.1. The van der Waals surface area contributed by atoms with E-state index in [1.54, 1.807) is 0 Å². The first-order chi connectivity index (χ1) is 30.7. The third-order valence-corrected chi connectivity index (χ3v) is 13.1. The summed E-state index contributed by atoms with van der Waals surface area (Å²) in [4.78, 5) is 15.0. The number of hydrogen-bond donors (Lipinski definition) is 0. The largest absolute Gasteiger partial charge is 0.309 e. The quantitative estimate of drug-likeness (QED) is 0.161. The van der Waals surface area contributed by atoms with Crippen LogP contribution in [0.15, 0.2) is 219 Å². The minimum atomic E-state index is 0.656. The number of rotatable bonds is 7. The van der Waals surface area contributed by atoms with E-state index in [-0.39, 0.29) is 0 Å². The number of pyridine rings is 1. The normalized spacial score (nSPS) is 11.5. The molecular weight excluding hydrogens is 773 g/mol. The van der Waals surface area contributed by atoms with Crippen molar-refractivity contribution in [1.82, 2.24) is 19.5 Å². The second-order valence-electron chi connectivity index (χ2n) is 15.6. The van der Waals surface area contributed by atoms with Crippen LogP contribution in [-0.2, 0) is 0 Å². The molecule has 0 aliphatic carbocycles. The van der Waals surface area contributed by atoms with Crippen molar-refractivity contribution in [2.24, 2.45) is 0 Å². The van der Waals surface area contributed by atoms with Crippen molar-refractivity contribution >= 4 is 53.3 Å². The van der Waals surface area contributed by atoms with Gasteiger partial charge in [0.2, 0.25) is 0 Å². The van der Waals surface area contributed by atoms with Crippen molar-refractivity contribution in [2.75, 3.05) is 0 Å². The van der Waals surface area contributed by atoms with Crippen LogP contribution in [-0.4, -0.2) is 19.5 Å². The van der Waals surface area contributed by atoms with Gasteiger partial charge in [0.05, 0.1) is 28.1 Å². The number of hydrogen-bond acceptors (Lipinski definition) is 4. The van der Waals surface area contributed by atoms with Gasteiger partial charge in [0.1, 0.15) is 0 Å². The summed E-state index contributed by atoms with van der Waals surface area (Å²) < 4.78 is 4.99. The molecule has 0 saturated carbocycles. The Morgan fingerprint density at radius 2 is 0.839 bits per heavy atom. The Hall–Kier alpha value is -7.99. The van der Waals surface area contributed by atoms with Crippen molar-refractivity contribution in [1.29, 1.82) is 0 Å². The van der Waals surface area contributed by atoms with Gasteiger partial charge in [-0.15, -0.1) is 11.3 Å². The van der Waals surface area contributed by atoms with Crippen molar-refractivity contribution in [2.45, 2.75) is 0 Å². The molecule has 0 aliphatic heterocycles. The van der Waals surface area contributed by atoms with E-state index in [1.807, 2.05) is 41.8 Å². The second-order valence-corrected chi connectivity index (χ2v) is 16.7. The maximum atomic E-state index is 5.19. The average molecular weight is 809 g/mol. The highest BCUT2D eigenvalue weighted by Gasteiger charge is 2.17. The molecular formula is C57H36N4S. The highest BCUT2D eigenvalue weighted by Crippen LogP contribution is 2.39. The fraction of sp³-hybridized carbons (Fsp3) is 0. The molecule has 0 aliphatic rings. The van der Waals surface area contributed by atoms with Crippen LogP contribution in [0, 0.1) is 0 Å². The molecule has 0 bridgehead atoms. The topological polar surface area (TPSA) is 43.6 Å². The lowest BCUT2D eigenvalue weighted by Gasteiger charge is -2.12. The van der Waals surface area contributed by atoms with E-state index in [9.17, 15) is 0 Å². The zero-order valence-electron chi connectivity index (χ0n) is 33.5. The van der Waals surface area contributed by atoms with Gasteiger partial charge in [-0.05, 0) is 106 Å². The van der Waals surface area contributed by atoms with Crippen LogP contribution in [0.2, 0.25) is 0 Å². The van der Waals surface area contributed by atoms with Gasteiger partial charge in [-0.25, -0.2) is 9.97 Å². The Bertz CT molecular complexity index is 3500. The van der Waals surface area contributed by atoms with Crippen molar-refractivity contribution in [3.63, 3.8) is 0 Å². The summed E-state index contributed by atoms with van der Waals surface area (Å²) in [6.45, 7) is 0. The van der Waals surface area contributed by atoms with Gasteiger partial charge in [0.15, 0.2) is 5.82 Å². The fourth-order valence-corrected chi connectivity index (χ4v) is 9.88. The standard InChI is InChI=1S/C57H36N4S/c1-3-11-37(12-4-1)42-24-29-53-47(33-42)48-34-43(38-13-5-2-6-14-38)25-30-54(48)61(53)45-27-22-40(23-28-45)51-36-52(50-16-9-10-32-58-50)60-57(59-51)41-20-18-39(19-21-41)44-26-31-56-49(35-44)46-15-7-8-17-55(46)62-56/h1-36H. The van der Waals surface area contributed by atoms with Crippen LogP contribution < -0.4 is 0 Å². The van der Waals surface area contributed by atoms with E-state index < -0.39 is 0 Å². The van der Waals surface area contributed by atoms with E-state index in [0.29, 0.717) is 5.82 Å². The summed E-state index contributed by atoms with van der Waals surface area (Å²) in [5, 5.41) is 5.03. The SMILES string of the molecule is c1ccc(-c2ccc3c(c2)c2cc(-c4ccccc4)ccc2n3-c2ccc(-c3cc(-c4ccccn4)nc(-c4ccc(-c5ccc6sc7ccccc7c6c5)cc4)n3)cc2)cc1. The zero-order valence-corrected chi connectivity index (χ0v) is 34.3.